The summed E-state index contributed by atoms with van der Waals surface area (Å²) in [4.78, 5) is 2.32. The predicted octanol–water partition coefficient (Wildman–Crippen LogP) is 14.5. The Morgan fingerprint density at radius 2 is 0.926 bits per heavy atom. The van der Waals surface area contributed by atoms with E-state index in [2.05, 4.69) is 217 Å². The van der Waals surface area contributed by atoms with Crippen molar-refractivity contribution >= 4 is 60.4 Å². The van der Waals surface area contributed by atoms with E-state index in [0.29, 0.717) is 0 Å². The first-order valence-electron chi connectivity index (χ1n) is 18.7. The Bertz CT molecular complexity index is 2960. The van der Waals surface area contributed by atoms with Crippen LogP contribution in [0.25, 0.3) is 71.3 Å². The highest BCUT2D eigenvalue weighted by Crippen LogP contribution is 2.40. The van der Waals surface area contributed by atoms with E-state index in [1.54, 1.807) is 0 Å². The lowest BCUT2D eigenvalue weighted by molar-refractivity contribution is 1.18. The molecule has 256 valence electrons. The maximum atomic E-state index is 2.40. The molecule has 0 N–H and O–H groups in total. The summed E-state index contributed by atoms with van der Waals surface area (Å²) in [5.41, 5.74) is 14.6. The number of aryl methyl sites for hydroxylation is 2. The van der Waals surface area contributed by atoms with Gasteiger partial charge in [-0.15, -0.1) is 0 Å². The standard InChI is InChI=1S/C52H38N2/c1-35-30-37(24-27-45(35)46-29-26-44(31-36(46)2)53(41-14-6-3-7-15-41)42-16-8-4-9-17-42)38-25-28-47-39(32-38)22-23-40-33-52-50(34-49(40)47)48-20-12-13-21-51(48)54(52)43-18-10-5-11-19-43/h3-34H,1-2H3. The van der Waals surface area contributed by atoms with Gasteiger partial charge in [0.2, 0.25) is 0 Å². The molecule has 0 saturated heterocycles. The van der Waals surface area contributed by atoms with Crippen LogP contribution in [0.4, 0.5) is 17.1 Å². The fourth-order valence-corrected chi connectivity index (χ4v) is 8.40. The summed E-state index contributed by atoms with van der Waals surface area (Å²) in [6.45, 7) is 4.46. The molecule has 0 aliphatic rings. The number of nitrogens with zero attached hydrogens (tertiary/aromatic N) is 2. The predicted molar refractivity (Wildman–Crippen MR) is 231 cm³/mol. The molecule has 0 fully saturated rings. The summed E-state index contributed by atoms with van der Waals surface area (Å²) in [6, 6.07) is 70.6. The first kappa shape index (κ1) is 31.8. The molecule has 2 heteroatoms. The van der Waals surface area contributed by atoms with Crippen LogP contribution in [0.2, 0.25) is 0 Å². The first-order chi connectivity index (χ1) is 26.6. The Morgan fingerprint density at radius 3 is 1.61 bits per heavy atom. The molecule has 0 atom stereocenters. The maximum absolute atomic E-state index is 2.40. The van der Waals surface area contributed by atoms with Crippen LogP contribution >= 0.6 is 0 Å². The van der Waals surface area contributed by atoms with Gasteiger partial charge in [0.15, 0.2) is 0 Å². The average Bonchev–Trinajstić information content (AvgIpc) is 3.54. The van der Waals surface area contributed by atoms with Crippen molar-refractivity contribution in [2.75, 3.05) is 4.90 Å². The Balaban J connectivity index is 1.01. The molecule has 0 saturated carbocycles. The number of anilines is 3. The van der Waals surface area contributed by atoms with Gasteiger partial charge in [-0.1, -0.05) is 121 Å². The molecular weight excluding hydrogens is 653 g/mol. The minimum atomic E-state index is 1.14. The third-order valence-corrected chi connectivity index (χ3v) is 11.0. The summed E-state index contributed by atoms with van der Waals surface area (Å²) in [6.07, 6.45) is 0. The third-order valence-electron chi connectivity index (χ3n) is 11.0. The number of rotatable bonds is 6. The van der Waals surface area contributed by atoms with Gasteiger partial charge < -0.3 is 9.47 Å². The summed E-state index contributed by atoms with van der Waals surface area (Å²) in [5.74, 6) is 0. The van der Waals surface area contributed by atoms with E-state index in [4.69, 9.17) is 0 Å². The van der Waals surface area contributed by atoms with Crippen LogP contribution in [0.5, 0.6) is 0 Å². The summed E-state index contributed by atoms with van der Waals surface area (Å²) in [7, 11) is 0. The van der Waals surface area contributed by atoms with Gasteiger partial charge in [-0.2, -0.15) is 0 Å². The topological polar surface area (TPSA) is 8.17 Å². The van der Waals surface area contributed by atoms with Crippen LogP contribution in [-0.2, 0) is 0 Å². The van der Waals surface area contributed by atoms with E-state index in [-0.39, 0.29) is 0 Å². The van der Waals surface area contributed by atoms with Crippen molar-refractivity contribution in [1.29, 1.82) is 0 Å². The van der Waals surface area contributed by atoms with Crippen molar-refractivity contribution in [3.63, 3.8) is 0 Å². The van der Waals surface area contributed by atoms with Crippen molar-refractivity contribution < 1.29 is 0 Å². The van der Waals surface area contributed by atoms with E-state index >= 15 is 0 Å². The molecule has 10 aromatic rings. The van der Waals surface area contributed by atoms with Crippen molar-refractivity contribution in [1.82, 2.24) is 4.57 Å². The molecule has 0 aliphatic heterocycles. The Kier molecular flexibility index (Phi) is 7.63. The Morgan fingerprint density at radius 1 is 0.352 bits per heavy atom. The molecule has 0 radical (unpaired) electrons. The largest absolute Gasteiger partial charge is 0.310 e. The molecule has 0 aliphatic carbocycles. The van der Waals surface area contributed by atoms with Gasteiger partial charge in [0.25, 0.3) is 0 Å². The fourth-order valence-electron chi connectivity index (χ4n) is 8.40. The van der Waals surface area contributed by atoms with Gasteiger partial charge in [0, 0.05) is 33.5 Å². The SMILES string of the molecule is Cc1cc(-c2ccc3c(ccc4cc5c(cc43)c3ccccc3n5-c3ccccc3)c2)ccc1-c1ccc(N(c2ccccc2)c2ccccc2)cc1C. The highest BCUT2D eigenvalue weighted by atomic mass is 15.1. The molecule has 2 nitrogen and oxygen atoms in total. The van der Waals surface area contributed by atoms with Crippen LogP contribution in [0.3, 0.4) is 0 Å². The van der Waals surface area contributed by atoms with Crippen LogP contribution in [0.1, 0.15) is 11.1 Å². The normalized spacial score (nSPS) is 11.5. The number of para-hydroxylation sites is 4. The van der Waals surface area contributed by atoms with Crippen molar-refractivity contribution in [3.8, 4) is 27.9 Å². The minimum Gasteiger partial charge on any atom is -0.310 e. The van der Waals surface area contributed by atoms with Crippen LogP contribution < -0.4 is 4.90 Å². The van der Waals surface area contributed by atoms with Crippen LogP contribution in [0.15, 0.2) is 194 Å². The van der Waals surface area contributed by atoms with Gasteiger partial charge in [-0.25, -0.2) is 0 Å². The second-order valence-electron chi connectivity index (χ2n) is 14.3. The molecule has 0 amide bonds. The van der Waals surface area contributed by atoms with Gasteiger partial charge in [0.1, 0.15) is 0 Å². The monoisotopic (exact) mass is 690 g/mol. The second kappa shape index (κ2) is 12.9. The quantitative estimate of drug-likeness (QED) is 0.158. The maximum Gasteiger partial charge on any atom is 0.0547 e. The van der Waals surface area contributed by atoms with E-state index in [1.165, 1.54) is 82.4 Å². The zero-order valence-electron chi connectivity index (χ0n) is 30.4. The number of hydrogen-bond donors (Lipinski definition) is 0. The van der Waals surface area contributed by atoms with E-state index in [9.17, 15) is 0 Å². The summed E-state index contributed by atoms with van der Waals surface area (Å²) in [5, 5.41) is 7.61. The molecule has 54 heavy (non-hydrogen) atoms. The lowest BCUT2D eigenvalue weighted by Gasteiger charge is -2.26. The van der Waals surface area contributed by atoms with Gasteiger partial charge in [0.05, 0.1) is 11.0 Å². The lowest BCUT2D eigenvalue weighted by Crippen LogP contribution is -2.10. The molecular formula is C52H38N2. The van der Waals surface area contributed by atoms with Gasteiger partial charge >= 0.3 is 0 Å². The third kappa shape index (κ3) is 5.35. The summed E-state index contributed by atoms with van der Waals surface area (Å²) >= 11 is 0. The zero-order valence-corrected chi connectivity index (χ0v) is 30.4. The van der Waals surface area contributed by atoms with Crippen molar-refractivity contribution in [2.45, 2.75) is 13.8 Å². The van der Waals surface area contributed by atoms with Crippen molar-refractivity contribution in [3.05, 3.63) is 205 Å². The zero-order chi connectivity index (χ0) is 36.2. The van der Waals surface area contributed by atoms with Gasteiger partial charge in [-0.05, 0) is 142 Å². The number of fused-ring (bicyclic) bond motifs is 6. The highest BCUT2D eigenvalue weighted by molar-refractivity contribution is 6.18. The molecule has 10 rings (SSSR count). The smallest absolute Gasteiger partial charge is 0.0547 e. The molecule has 1 aromatic heterocycles. The second-order valence-corrected chi connectivity index (χ2v) is 14.3. The number of hydrogen-bond acceptors (Lipinski definition) is 1. The molecule has 0 spiro atoms. The first-order valence-corrected chi connectivity index (χ1v) is 18.7. The van der Waals surface area contributed by atoms with E-state index < -0.39 is 0 Å². The Labute approximate surface area is 315 Å². The number of benzene rings is 9. The highest BCUT2D eigenvalue weighted by Gasteiger charge is 2.16. The van der Waals surface area contributed by atoms with Crippen LogP contribution in [0, 0.1) is 13.8 Å². The summed E-state index contributed by atoms with van der Waals surface area (Å²) < 4.78 is 2.39. The molecule has 0 bridgehead atoms. The number of aromatic nitrogens is 1. The molecule has 1 heterocycles. The Hall–Kier alpha value is -6.90. The molecule has 0 unspecified atom stereocenters. The molecule has 9 aromatic carbocycles. The van der Waals surface area contributed by atoms with E-state index in [1.807, 2.05) is 0 Å². The van der Waals surface area contributed by atoms with Crippen LogP contribution in [-0.4, -0.2) is 4.57 Å². The van der Waals surface area contributed by atoms with Gasteiger partial charge in [-0.3, -0.25) is 0 Å². The van der Waals surface area contributed by atoms with E-state index in [0.717, 1.165) is 17.1 Å². The van der Waals surface area contributed by atoms with Crippen molar-refractivity contribution in [2.24, 2.45) is 0 Å². The average molecular weight is 691 g/mol. The fraction of sp³-hybridized carbons (Fsp3) is 0.0385. The minimum absolute atomic E-state index is 1.14. The lowest BCUT2D eigenvalue weighted by atomic mass is 9.92.